The van der Waals surface area contributed by atoms with E-state index in [9.17, 15) is 4.79 Å². The van der Waals surface area contributed by atoms with E-state index in [1.54, 1.807) is 24.4 Å². The van der Waals surface area contributed by atoms with Crippen LogP contribution < -0.4 is 10.1 Å². The maximum atomic E-state index is 11.0. The summed E-state index contributed by atoms with van der Waals surface area (Å²) in [6, 6.07) is 10.7. The van der Waals surface area contributed by atoms with E-state index in [0.717, 1.165) is 5.56 Å². The van der Waals surface area contributed by atoms with Crippen LogP contribution >= 0.6 is 0 Å². The smallest absolute Gasteiger partial charge is 0.339 e. The van der Waals surface area contributed by atoms with Crippen molar-refractivity contribution in [1.82, 2.24) is 10.3 Å². The molecule has 0 saturated carbocycles. The second-order valence-electron chi connectivity index (χ2n) is 4.61. The number of hydrogen-bond acceptors (Lipinski definition) is 4. The molecule has 0 spiro atoms. The Kier molecular flexibility index (Phi) is 5.29. The van der Waals surface area contributed by atoms with Gasteiger partial charge >= 0.3 is 5.97 Å². The van der Waals surface area contributed by atoms with Crippen molar-refractivity contribution in [1.29, 1.82) is 0 Å². The number of carboxylic acid groups (broad SMARTS) is 1. The zero-order valence-corrected chi connectivity index (χ0v) is 11.8. The quantitative estimate of drug-likeness (QED) is 0.765. The highest BCUT2D eigenvalue weighted by Crippen LogP contribution is 2.17. The van der Waals surface area contributed by atoms with Crippen LogP contribution in [0.25, 0.3) is 0 Å². The van der Waals surface area contributed by atoms with Crippen molar-refractivity contribution in [2.24, 2.45) is 0 Å². The maximum Gasteiger partial charge on any atom is 0.339 e. The first kappa shape index (κ1) is 15.0. The Morgan fingerprint density at radius 2 is 2.14 bits per heavy atom. The predicted molar refractivity (Wildman–Crippen MR) is 79.6 cm³/mol. The van der Waals surface area contributed by atoms with Crippen molar-refractivity contribution in [2.45, 2.75) is 13.0 Å². The van der Waals surface area contributed by atoms with E-state index in [2.05, 4.69) is 10.3 Å². The Hall–Kier alpha value is -2.40. The van der Waals surface area contributed by atoms with Crippen LogP contribution in [-0.4, -0.2) is 29.2 Å². The average molecular weight is 286 g/mol. The number of carbonyl (C=O) groups is 1. The fraction of sp³-hybridized carbons (Fsp3) is 0.250. The minimum Gasteiger partial charge on any atom is -0.491 e. The zero-order valence-electron chi connectivity index (χ0n) is 11.8. The van der Waals surface area contributed by atoms with Crippen LogP contribution in [0.3, 0.4) is 0 Å². The van der Waals surface area contributed by atoms with E-state index in [-0.39, 0.29) is 11.6 Å². The molecule has 0 bridgehead atoms. The Bertz CT molecular complexity index is 587. The molecule has 1 atom stereocenters. The van der Waals surface area contributed by atoms with Crippen LogP contribution in [0.5, 0.6) is 5.75 Å². The van der Waals surface area contributed by atoms with Crippen molar-refractivity contribution in [2.75, 3.05) is 13.2 Å². The van der Waals surface area contributed by atoms with E-state index in [0.29, 0.717) is 18.9 Å². The summed E-state index contributed by atoms with van der Waals surface area (Å²) in [5.74, 6) is -0.594. The number of carboxylic acids is 1. The summed E-state index contributed by atoms with van der Waals surface area (Å²) in [5.41, 5.74) is 1.28. The summed E-state index contributed by atoms with van der Waals surface area (Å²) in [5, 5.41) is 12.4. The largest absolute Gasteiger partial charge is 0.491 e. The van der Waals surface area contributed by atoms with Crippen molar-refractivity contribution >= 4 is 5.97 Å². The Morgan fingerprint density at radius 1 is 1.33 bits per heavy atom. The van der Waals surface area contributed by atoms with Gasteiger partial charge in [-0.1, -0.05) is 18.2 Å². The Balaban J connectivity index is 1.81. The van der Waals surface area contributed by atoms with Gasteiger partial charge in [0, 0.05) is 25.0 Å². The van der Waals surface area contributed by atoms with Crippen LogP contribution in [-0.2, 0) is 0 Å². The number of pyridine rings is 1. The number of hydrogen-bond donors (Lipinski definition) is 2. The van der Waals surface area contributed by atoms with Gasteiger partial charge in [-0.25, -0.2) is 4.79 Å². The van der Waals surface area contributed by atoms with E-state index in [1.165, 1.54) is 6.07 Å². The van der Waals surface area contributed by atoms with Gasteiger partial charge in [0.1, 0.15) is 17.9 Å². The summed E-state index contributed by atoms with van der Waals surface area (Å²) in [4.78, 5) is 15.1. The maximum absolute atomic E-state index is 11.0. The molecule has 0 radical (unpaired) electrons. The van der Waals surface area contributed by atoms with Gasteiger partial charge in [0.2, 0.25) is 0 Å². The second-order valence-corrected chi connectivity index (χ2v) is 4.61. The second kappa shape index (κ2) is 7.40. The molecular weight excluding hydrogens is 268 g/mol. The summed E-state index contributed by atoms with van der Waals surface area (Å²) in [6.07, 6.45) is 3.56. The number of nitrogens with zero attached hydrogens (tertiary/aromatic N) is 1. The third-order valence-electron chi connectivity index (χ3n) is 3.11. The number of aromatic nitrogens is 1. The van der Waals surface area contributed by atoms with Gasteiger partial charge in [0.15, 0.2) is 0 Å². The van der Waals surface area contributed by atoms with Gasteiger partial charge in [0.05, 0.1) is 0 Å². The Labute approximate surface area is 123 Å². The molecule has 1 aromatic carbocycles. The summed E-state index contributed by atoms with van der Waals surface area (Å²) < 4.78 is 5.53. The first-order chi connectivity index (χ1) is 10.2. The fourth-order valence-corrected chi connectivity index (χ4v) is 1.96. The highest BCUT2D eigenvalue weighted by atomic mass is 16.5. The van der Waals surface area contributed by atoms with Crippen LogP contribution in [0.1, 0.15) is 28.9 Å². The molecule has 21 heavy (non-hydrogen) atoms. The number of nitrogens with one attached hydrogen (secondary N) is 1. The molecule has 2 aromatic rings. The molecule has 5 nitrogen and oxygen atoms in total. The number of para-hydroxylation sites is 1. The van der Waals surface area contributed by atoms with Gasteiger partial charge in [-0.2, -0.15) is 0 Å². The Morgan fingerprint density at radius 3 is 2.86 bits per heavy atom. The molecule has 1 aromatic heterocycles. The van der Waals surface area contributed by atoms with Crippen molar-refractivity contribution in [3.05, 3.63) is 59.9 Å². The topological polar surface area (TPSA) is 71.5 Å². The zero-order chi connectivity index (χ0) is 15.1. The lowest BCUT2D eigenvalue weighted by atomic mass is 10.1. The molecule has 1 heterocycles. The van der Waals surface area contributed by atoms with Gasteiger partial charge in [0.25, 0.3) is 0 Å². The van der Waals surface area contributed by atoms with Crippen LogP contribution in [0.4, 0.5) is 0 Å². The molecule has 0 unspecified atom stereocenters. The van der Waals surface area contributed by atoms with Crippen molar-refractivity contribution in [3.63, 3.8) is 0 Å². The standard InChI is InChI=1S/C16H18N2O3/c1-12(13-5-4-8-17-11-13)18-9-10-21-15-7-3-2-6-14(15)16(19)20/h2-8,11-12,18H,9-10H2,1H3,(H,19,20)/t12-/m1/s1. The first-order valence-electron chi connectivity index (χ1n) is 6.77. The monoisotopic (exact) mass is 286 g/mol. The normalized spacial score (nSPS) is 11.9. The molecule has 2 N–H and O–H groups in total. The van der Waals surface area contributed by atoms with Crippen molar-refractivity contribution in [3.8, 4) is 5.75 Å². The number of aromatic carboxylic acids is 1. The lowest BCUT2D eigenvalue weighted by Crippen LogP contribution is -2.24. The van der Waals surface area contributed by atoms with Gasteiger partial charge in [-0.05, 0) is 30.7 Å². The summed E-state index contributed by atoms with van der Waals surface area (Å²) in [7, 11) is 0. The SMILES string of the molecule is C[C@@H](NCCOc1ccccc1C(=O)O)c1cccnc1. The lowest BCUT2D eigenvalue weighted by Gasteiger charge is -2.14. The van der Waals surface area contributed by atoms with E-state index in [1.807, 2.05) is 25.3 Å². The minimum atomic E-state index is -0.984. The van der Waals surface area contributed by atoms with Crippen LogP contribution in [0.15, 0.2) is 48.8 Å². The molecule has 2 rings (SSSR count). The number of ether oxygens (including phenoxy) is 1. The average Bonchev–Trinajstić information content (AvgIpc) is 2.52. The van der Waals surface area contributed by atoms with Crippen molar-refractivity contribution < 1.29 is 14.6 Å². The predicted octanol–water partition coefficient (Wildman–Crippen LogP) is 2.51. The van der Waals surface area contributed by atoms with Gasteiger partial charge in [-0.3, -0.25) is 4.98 Å². The molecule has 110 valence electrons. The number of benzene rings is 1. The summed E-state index contributed by atoms with van der Waals surface area (Å²) >= 11 is 0. The molecule has 0 aliphatic heterocycles. The fourth-order valence-electron chi connectivity index (χ4n) is 1.96. The first-order valence-corrected chi connectivity index (χ1v) is 6.77. The molecule has 0 aliphatic carbocycles. The lowest BCUT2D eigenvalue weighted by molar-refractivity contribution is 0.0692. The summed E-state index contributed by atoms with van der Waals surface area (Å²) in [6.45, 7) is 3.06. The van der Waals surface area contributed by atoms with Crippen LogP contribution in [0.2, 0.25) is 0 Å². The third-order valence-corrected chi connectivity index (χ3v) is 3.11. The van der Waals surface area contributed by atoms with Gasteiger partial charge in [-0.15, -0.1) is 0 Å². The van der Waals surface area contributed by atoms with E-state index < -0.39 is 5.97 Å². The van der Waals surface area contributed by atoms with Crippen LogP contribution in [0, 0.1) is 0 Å². The van der Waals surface area contributed by atoms with Gasteiger partial charge < -0.3 is 15.2 Å². The number of rotatable bonds is 7. The molecule has 0 aliphatic rings. The highest BCUT2D eigenvalue weighted by molar-refractivity contribution is 5.90. The molecule has 0 fully saturated rings. The third kappa shape index (κ3) is 4.29. The van der Waals surface area contributed by atoms with E-state index >= 15 is 0 Å². The van der Waals surface area contributed by atoms with E-state index in [4.69, 9.17) is 9.84 Å². The molecular formula is C16H18N2O3. The molecule has 0 saturated heterocycles. The molecule has 5 heteroatoms. The minimum absolute atomic E-state index is 0.164. The highest BCUT2D eigenvalue weighted by Gasteiger charge is 2.10. The molecule has 0 amide bonds.